The Morgan fingerprint density at radius 3 is 2.50 bits per heavy atom. The van der Waals surface area contributed by atoms with E-state index in [-0.39, 0.29) is 5.97 Å². The van der Waals surface area contributed by atoms with Gasteiger partial charge in [0.1, 0.15) is 0 Å². The van der Waals surface area contributed by atoms with Crippen LogP contribution in [0.3, 0.4) is 0 Å². The molecule has 1 aliphatic carbocycles. The lowest BCUT2D eigenvalue weighted by molar-refractivity contribution is 0.0526. The number of benzene rings is 1. The summed E-state index contributed by atoms with van der Waals surface area (Å²) in [6.45, 7) is 2.15. The zero-order valence-electron chi connectivity index (χ0n) is 11.8. The molecule has 0 unspecified atom stereocenters. The van der Waals surface area contributed by atoms with Gasteiger partial charge in [0.05, 0.1) is 17.9 Å². The fourth-order valence-electron chi connectivity index (χ4n) is 2.66. The van der Waals surface area contributed by atoms with Gasteiger partial charge >= 0.3 is 5.97 Å². The maximum atomic E-state index is 11.6. The first-order valence-corrected chi connectivity index (χ1v) is 7.22. The minimum atomic E-state index is -0.319. The Labute approximate surface area is 120 Å². The van der Waals surface area contributed by atoms with Crippen LogP contribution in [0.5, 0.6) is 0 Å². The lowest BCUT2D eigenvalue weighted by Crippen LogP contribution is -2.32. The molecule has 1 aromatic rings. The molecule has 0 aromatic heterocycles. The second-order valence-electron chi connectivity index (χ2n) is 5.03. The Hall–Kier alpha value is -2.02. The monoisotopic (exact) mass is 272 g/mol. The van der Waals surface area contributed by atoms with E-state index in [4.69, 9.17) is 4.74 Å². The predicted molar refractivity (Wildman–Crippen MR) is 77.4 cm³/mol. The van der Waals surface area contributed by atoms with Gasteiger partial charge < -0.3 is 4.74 Å². The third kappa shape index (κ3) is 3.30. The first-order valence-electron chi connectivity index (χ1n) is 7.22. The molecule has 0 spiro atoms. The number of nitrogens with zero attached hydrogens (tertiary/aromatic N) is 2. The second-order valence-corrected chi connectivity index (χ2v) is 5.03. The number of hydrogen-bond donors (Lipinski definition) is 0. The lowest BCUT2D eigenvalue weighted by Gasteiger charge is -2.30. The van der Waals surface area contributed by atoms with Gasteiger partial charge in [0.25, 0.3) is 0 Å². The molecule has 0 saturated heterocycles. The second kappa shape index (κ2) is 6.95. The first kappa shape index (κ1) is 14.4. The topological polar surface area (TPSA) is 53.3 Å². The van der Waals surface area contributed by atoms with Crippen molar-refractivity contribution in [1.29, 1.82) is 5.26 Å². The van der Waals surface area contributed by atoms with Crippen molar-refractivity contribution in [2.75, 3.05) is 11.5 Å². The third-order valence-electron chi connectivity index (χ3n) is 3.70. The Bertz CT molecular complexity index is 484. The summed E-state index contributed by atoms with van der Waals surface area (Å²) in [7, 11) is 0. The first-order chi connectivity index (χ1) is 9.76. The molecule has 0 amide bonds. The van der Waals surface area contributed by atoms with Crippen LogP contribution in [0.1, 0.15) is 49.4 Å². The molecule has 0 atom stereocenters. The molecular formula is C16H20N2O2. The van der Waals surface area contributed by atoms with Crippen LogP contribution >= 0.6 is 0 Å². The molecule has 4 nitrogen and oxygen atoms in total. The largest absolute Gasteiger partial charge is 0.462 e. The van der Waals surface area contributed by atoms with Crippen molar-refractivity contribution in [2.24, 2.45) is 0 Å². The highest BCUT2D eigenvalue weighted by Crippen LogP contribution is 2.27. The van der Waals surface area contributed by atoms with Crippen molar-refractivity contribution in [3.8, 4) is 6.19 Å². The van der Waals surface area contributed by atoms with Crippen molar-refractivity contribution in [1.82, 2.24) is 0 Å². The third-order valence-corrected chi connectivity index (χ3v) is 3.70. The van der Waals surface area contributed by atoms with E-state index in [1.807, 2.05) is 12.1 Å². The van der Waals surface area contributed by atoms with Gasteiger partial charge in [-0.05, 0) is 44.0 Å². The van der Waals surface area contributed by atoms with Crippen LogP contribution in [0.25, 0.3) is 0 Å². The molecule has 4 heteroatoms. The number of hydrogen-bond acceptors (Lipinski definition) is 4. The van der Waals surface area contributed by atoms with Gasteiger partial charge in [0.2, 0.25) is 0 Å². The van der Waals surface area contributed by atoms with E-state index >= 15 is 0 Å². The van der Waals surface area contributed by atoms with E-state index in [1.165, 1.54) is 19.3 Å². The average molecular weight is 272 g/mol. The van der Waals surface area contributed by atoms with Crippen LogP contribution < -0.4 is 4.90 Å². The zero-order chi connectivity index (χ0) is 14.4. The number of esters is 1. The van der Waals surface area contributed by atoms with Crippen molar-refractivity contribution in [2.45, 2.75) is 45.1 Å². The van der Waals surface area contributed by atoms with Crippen LogP contribution in [0.15, 0.2) is 24.3 Å². The summed E-state index contributed by atoms with van der Waals surface area (Å²) in [6, 6.07) is 7.39. The normalized spacial score (nSPS) is 15.4. The summed E-state index contributed by atoms with van der Waals surface area (Å²) >= 11 is 0. The molecule has 2 rings (SSSR count). The lowest BCUT2D eigenvalue weighted by atomic mass is 9.94. The molecule has 1 saturated carbocycles. The Kier molecular flexibility index (Phi) is 5.00. The van der Waals surface area contributed by atoms with E-state index in [9.17, 15) is 10.1 Å². The standard InChI is InChI=1S/C16H20N2O2/c1-2-20-16(19)13-8-10-15(11-9-13)18(12-17)14-6-4-3-5-7-14/h8-11,14H,2-7H2,1H3. The molecule has 106 valence electrons. The smallest absolute Gasteiger partial charge is 0.338 e. The number of nitriles is 1. The summed E-state index contributed by atoms with van der Waals surface area (Å²) < 4.78 is 4.95. The molecule has 0 N–H and O–H groups in total. The SMILES string of the molecule is CCOC(=O)c1ccc(N(C#N)C2CCCCC2)cc1. The van der Waals surface area contributed by atoms with E-state index in [0.717, 1.165) is 18.5 Å². The molecule has 0 bridgehead atoms. The molecule has 1 aliphatic rings. The van der Waals surface area contributed by atoms with Gasteiger partial charge in [-0.15, -0.1) is 0 Å². The maximum Gasteiger partial charge on any atom is 0.338 e. The molecule has 0 aliphatic heterocycles. The summed E-state index contributed by atoms with van der Waals surface area (Å²) in [4.78, 5) is 13.4. The van der Waals surface area contributed by atoms with Gasteiger partial charge in [-0.3, -0.25) is 4.90 Å². The highest BCUT2D eigenvalue weighted by atomic mass is 16.5. The van der Waals surface area contributed by atoms with E-state index < -0.39 is 0 Å². The zero-order valence-corrected chi connectivity index (χ0v) is 11.8. The van der Waals surface area contributed by atoms with Crippen LogP contribution in [-0.2, 0) is 4.74 Å². The highest BCUT2D eigenvalue weighted by molar-refractivity contribution is 5.89. The summed E-state index contributed by atoms with van der Waals surface area (Å²) in [6.07, 6.45) is 8.03. The minimum Gasteiger partial charge on any atom is -0.462 e. The molecular weight excluding hydrogens is 252 g/mol. The Balaban J connectivity index is 2.11. The minimum absolute atomic E-state index is 0.294. The summed E-state index contributed by atoms with van der Waals surface area (Å²) in [5, 5.41) is 9.38. The van der Waals surface area contributed by atoms with Gasteiger partial charge in [-0.2, -0.15) is 5.26 Å². The molecule has 1 fully saturated rings. The number of carbonyl (C=O) groups excluding carboxylic acids is 1. The predicted octanol–water partition coefficient (Wildman–Crippen LogP) is 3.48. The van der Waals surface area contributed by atoms with Crippen LogP contribution in [-0.4, -0.2) is 18.6 Å². The number of carbonyl (C=O) groups is 1. The van der Waals surface area contributed by atoms with Gasteiger partial charge in [0, 0.05) is 6.04 Å². The van der Waals surface area contributed by atoms with Crippen molar-refractivity contribution in [3.63, 3.8) is 0 Å². The van der Waals surface area contributed by atoms with Crippen molar-refractivity contribution < 1.29 is 9.53 Å². The van der Waals surface area contributed by atoms with E-state index in [0.29, 0.717) is 18.2 Å². The number of rotatable bonds is 4. The number of anilines is 1. The molecule has 0 radical (unpaired) electrons. The van der Waals surface area contributed by atoms with Crippen molar-refractivity contribution in [3.05, 3.63) is 29.8 Å². The molecule has 20 heavy (non-hydrogen) atoms. The number of ether oxygens (including phenoxy) is 1. The average Bonchev–Trinajstić information content (AvgIpc) is 2.50. The fourth-order valence-corrected chi connectivity index (χ4v) is 2.66. The van der Waals surface area contributed by atoms with Crippen LogP contribution in [0, 0.1) is 11.5 Å². The highest BCUT2D eigenvalue weighted by Gasteiger charge is 2.21. The molecule has 1 aromatic carbocycles. The van der Waals surface area contributed by atoms with Gasteiger partial charge in [0.15, 0.2) is 6.19 Å². The van der Waals surface area contributed by atoms with Crippen LogP contribution in [0.2, 0.25) is 0 Å². The van der Waals surface area contributed by atoms with E-state index in [2.05, 4.69) is 6.19 Å². The van der Waals surface area contributed by atoms with Crippen molar-refractivity contribution >= 4 is 11.7 Å². The fraction of sp³-hybridized carbons (Fsp3) is 0.500. The summed E-state index contributed by atoms with van der Waals surface area (Å²) in [5.41, 5.74) is 1.38. The van der Waals surface area contributed by atoms with Crippen LogP contribution in [0.4, 0.5) is 5.69 Å². The van der Waals surface area contributed by atoms with Gasteiger partial charge in [-0.1, -0.05) is 19.3 Å². The quantitative estimate of drug-likeness (QED) is 0.478. The summed E-state index contributed by atoms with van der Waals surface area (Å²) in [5.74, 6) is -0.319. The Morgan fingerprint density at radius 1 is 1.30 bits per heavy atom. The maximum absolute atomic E-state index is 11.6. The Morgan fingerprint density at radius 2 is 1.95 bits per heavy atom. The van der Waals surface area contributed by atoms with Gasteiger partial charge in [-0.25, -0.2) is 4.79 Å². The molecule has 0 heterocycles. The van der Waals surface area contributed by atoms with E-state index in [1.54, 1.807) is 24.0 Å².